The number of rotatable bonds is 2. The van der Waals surface area contributed by atoms with Gasteiger partial charge in [0.15, 0.2) is 5.89 Å². The first-order chi connectivity index (χ1) is 7.59. The highest BCUT2D eigenvalue weighted by Gasteiger charge is 2.20. The third-order valence-corrected chi connectivity index (χ3v) is 2.39. The lowest BCUT2D eigenvalue weighted by Gasteiger charge is -1.99. The van der Waals surface area contributed by atoms with Gasteiger partial charge in [-0.25, -0.2) is 9.78 Å². The van der Waals surface area contributed by atoms with E-state index in [1.54, 1.807) is 31.2 Å². The zero-order valence-corrected chi connectivity index (χ0v) is 9.15. The maximum atomic E-state index is 10.9. The second-order valence-corrected chi connectivity index (χ2v) is 3.60. The molecule has 0 bridgehead atoms. The molecule has 82 valence electrons. The van der Waals surface area contributed by atoms with E-state index in [9.17, 15) is 4.79 Å². The minimum atomic E-state index is -1.16. The van der Waals surface area contributed by atoms with Crippen LogP contribution in [0.1, 0.15) is 16.4 Å². The highest BCUT2D eigenvalue weighted by molar-refractivity contribution is 6.33. The molecule has 5 heteroatoms. The third kappa shape index (κ3) is 1.79. The summed E-state index contributed by atoms with van der Waals surface area (Å²) < 4.78 is 5.02. The summed E-state index contributed by atoms with van der Waals surface area (Å²) in [7, 11) is 0. The van der Waals surface area contributed by atoms with Crippen molar-refractivity contribution in [1.82, 2.24) is 4.98 Å². The third-order valence-electron chi connectivity index (χ3n) is 2.06. The molecular weight excluding hydrogens is 230 g/mol. The van der Waals surface area contributed by atoms with Crippen LogP contribution in [0, 0.1) is 6.92 Å². The van der Waals surface area contributed by atoms with E-state index in [1.807, 2.05) is 0 Å². The Balaban J connectivity index is 2.64. The van der Waals surface area contributed by atoms with Crippen LogP contribution in [-0.2, 0) is 0 Å². The number of carbonyl (C=O) groups is 1. The Morgan fingerprint density at radius 1 is 1.44 bits per heavy atom. The molecule has 2 rings (SSSR count). The van der Waals surface area contributed by atoms with E-state index in [2.05, 4.69) is 4.98 Å². The number of aromatic nitrogens is 1. The number of carboxylic acids is 1. The molecule has 1 aromatic carbocycles. The normalized spacial score (nSPS) is 10.4. The van der Waals surface area contributed by atoms with Crippen LogP contribution in [0.4, 0.5) is 0 Å². The Bertz CT molecular complexity index is 548. The Kier molecular flexibility index (Phi) is 2.66. The number of hydrogen-bond acceptors (Lipinski definition) is 3. The van der Waals surface area contributed by atoms with E-state index in [0.29, 0.717) is 16.5 Å². The van der Waals surface area contributed by atoms with E-state index >= 15 is 0 Å². The fourth-order valence-corrected chi connectivity index (χ4v) is 1.63. The number of aromatic carboxylic acids is 1. The summed E-state index contributed by atoms with van der Waals surface area (Å²) in [6.45, 7) is 1.59. The van der Waals surface area contributed by atoms with Crippen molar-refractivity contribution in [2.24, 2.45) is 0 Å². The van der Waals surface area contributed by atoms with E-state index < -0.39 is 5.97 Å². The Morgan fingerprint density at radius 2 is 2.12 bits per heavy atom. The first-order valence-corrected chi connectivity index (χ1v) is 4.93. The molecule has 0 aliphatic heterocycles. The number of halogens is 1. The number of nitrogens with zero attached hydrogens (tertiary/aromatic N) is 1. The first-order valence-electron chi connectivity index (χ1n) is 4.55. The van der Waals surface area contributed by atoms with Gasteiger partial charge in [-0.15, -0.1) is 0 Å². The second-order valence-electron chi connectivity index (χ2n) is 3.20. The van der Waals surface area contributed by atoms with Crippen molar-refractivity contribution >= 4 is 17.6 Å². The molecule has 16 heavy (non-hydrogen) atoms. The summed E-state index contributed by atoms with van der Waals surface area (Å²) in [5, 5.41) is 9.40. The van der Waals surface area contributed by atoms with Crippen molar-refractivity contribution in [2.75, 3.05) is 0 Å². The van der Waals surface area contributed by atoms with E-state index in [4.69, 9.17) is 21.1 Å². The van der Waals surface area contributed by atoms with Gasteiger partial charge in [-0.05, 0) is 6.07 Å². The Morgan fingerprint density at radius 3 is 2.75 bits per heavy atom. The van der Waals surface area contributed by atoms with Gasteiger partial charge in [0.05, 0.1) is 5.02 Å². The number of carboxylic acid groups (broad SMARTS) is 1. The number of aryl methyl sites for hydroxylation is 1. The van der Waals surface area contributed by atoms with Gasteiger partial charge < -0.3 is 9.52 Å². The van der Waals surface area contributed by atoms with Gasteiger partial charge in [-0.3, -0.25) is 0 Å². The fraction of sp³-hybridized carbons (Fsp3) is 0.0909. The molecule has 0 aliphatic rings. The topological polar surface area (TPSA) is 63.3 Å². The summed E-state index contributed by atoms with van der Waals surface area (Å²) in [4.78, 5) is 15.0. The van der Waals surface area contributed by atoms with Crippen LogP contribution in [0.25, 0.3) is 11.3 Å². The summed E-state index contributed by atoms with van der Waals surface area (Å²) in [5.74, 6) is -1.05. The monoisotopic (exact) mass is 237 g/mol. The first kappa shape index (κ1) is 10.7. The van der Waals surface area contributed by atoms with E-state index in [0.717, 1.165) is 0 Å². The zero-order chi connectivity index (χ0) is 11.7. The SMILES string of the molecule is Cc1nc(-c2ccccc2Cl)c(C(=O)O)o1. The molecular formula is C11H8ClNO3. The van der Waals surface area contributed by atoms with Crippen molar-refractivity contribution < 1.29 is 14.3 Å². The van der Waals surface area contributed by atoms with Crippen molar-refractivity contribution in [3.8, 4) is 11.3 Å². The van der Waals surface area contributed by atoms with Crippen LogP contribution in [-0.4, -0.2) is 16.1 Å². The molecule has 0 radical (unpaired) electrons. The van der Waals surface area contributed by atoms with Crippen molar-refractivity contribution in [3.63, 3.8) is 0 Å². The van der Waals surface area contributed by atoms with Crippen molar-refractivity contribution in [3.05, 3.63) is 40.9 Å². The number of oxazole rings is 1. The molecule has 0 spiro atoms. The minimum absolute atomic E-state index is 0.189. The van der Waals surface area contributed by atoms with Crippen molar-refractivity contribution in [2.45, 2.75) is 6.92 Å². The quantitative estimate of drug-likeness (QED) is 0.872. The summed E-state index contributed by atoms with van der Waals surface area (Å²) in [6, 6.07) is 6.90. The van der Waals surface area contributed by atoms with Crippen LogP contribution in [0.15, 0.2) is 28.7 Å². The summed E-state index contributed by atoms with van der Waals surface area (Å²) >= 11 is 5.97. The Hall–Kier alpha value is -1.81. The number of benzene rings is 1. The van der Waals surface area contributed by atoms with E-state index in [-0.39, 0.29) is 11.5 Å². The molecule has 0 unspecified atom stereocenters. The molecule has 4 nitrogen and oxygen atoms in total. The maximum absolute atomic E-state index is 10.9. The van der Waals surface area contributed by atoms with Gasteiger partial charge in [0.25, 0.3) is 0 Å². The largest absolute Gasteiger partial charge is 0.475 e. The van der Waals surface area contributed by atoms with Crippen LogP contribution in [0.5, 0.6) is 0 Å². The average Bonchev–Trinajstić information content (AvgIpc) is 2.61. The summed E-state index contributed by atoms with van der Waals surface area (Å²) in [5.41, 5.74) is 0.814. The van der Waals surface area contributed by atoms with Gasteiger partial charge in [-0.1, -0.05) is 29.8 Å². The molecule has 0 saturated heterocycles. The molecule has 0 fully saturated rings. The molecule has 1 aromatic heterocycles. The standard InChI is InChI=1S/C11H8ClNO3/c1-6-13-9(10(16-6)11(14)15)7-4-2-3-5-8(7)12/h2-5H,1H3,(H,14,15). The van der Waals surface area contributed by atoms with Gasteiger partial charge in [0.1, 0.15) is 5.69 Å². The average molecular weight is 238 g/mol. The highest BCUT2D eigenvalue weighted by atomic mass is 35.5. The van der Waals surface area contributed by atoms with Crippen LogP contribution >= 0.6 is 11.6 Å². The molecule has 1 heterocycles. The molecule has 2 aromatic rings. The van der Waals surface area contributed by atoms with Crippen LogP contribution in [0.3, 0.4) is 0 Å². The fourth-order valence-electron chi connectivity index (χ4n) is 1.41. The molecule has 0 aliphatic carbocycles. The van der Waals surface area contributed by atoms with Crippen molar-refractivity contribution in [1.29, 1.82) is 0 Å². The van der Waals surface area contributed by atoms with Crippen LogP contribution in [0.2, 0.25) is 5.02 Å². The van der Waals surface area contributed by atoms with Gasteiger partial charge in [-0.2, -0.15) is 0 Å². The lowest BCUT2D eigenvalue weighted by Crippen LogP contribution is -1.96. The van der Waals surface area contributed by atoms with Gasteiger partial charge in [0.2, 0.25) is 5.76 Å². The molecule has 1 N–H and O–H groups in total. The predicted molar refractivity (Wildman–Crippen MR) is 58.6 cm³/mol. The second kappa shape index (κ2) is 3.98. The molecule has 0 amide bonds. The molecule has 0 saturated carbocycles. The van der Waals surface area contributed by atoms with Crippen LogP contribution < -0.4 is 0 Å². The van der Waals surface area contributed by atoms with Gasteiger partial charge >= 0.3 is 5.97 Å². The van der Waals surface area contributed by atoms with E-state index in [1.165, 1.54) is 0 Å². The highest BCUT2D eigenvalue weighted by Crippen LogP contribution is 2.29. The smallest absolute Gasteiger partial charge is 0.374 e. The maximum Gasteiger partial charge on any atom is 0.374 e. The Labute approximate surface area is 96.5 Å². The lowest BCUT2D eigenvalue weighted by atomic mass is 10.1. The summed E-state index contributed by atoms with van der Waals surface area (Å²) in [6.07, 6.45) is 0. The minimum Gasteiger partial charge on any atom is -0.475 e. The predicted octanol–water partition coefficient (Wildman–Crippen LogP) is 3.00. The zero-order valence-electron chi connectivity index (χ0n) is 8.40. The van der Waals surface area contributed by atoms with Gasteiger partial charge in [0, 0.05) is 12.5 Å². The lowest BCUT2D eigenvalue weighted by molar-refractivity contribution is 0.0662. The molecule has 0 atom stereocenters. The number of hydrogen-bond donors (Lipinski definition) is 1.